The van der Waals surface area contributed by atoms with E-state index in [1.165, 1.54) is 11.4 Å². The third-order valence-corrected chi connectivity index (χ3v) is 3.72. The van der Waals surface area contributed by atoms with E-state index in [1.54, 1.807) is 19.2 Å². The van der Waals surface area contributed by atoms with Gasteiger partial charge in [0.25, 0.3) is 0 Å². The van der Waals surface area contributed by atoms with Crippen LogP contribution in [0.25, 0.3) is 5.65 Å². The van der Waals surface area contributed by atoms with E-state index in [2.05, 4.69) is 10.1 Å². The van der Waals surface area contributed by atoms with E-state index in [0.717, 1.165) is 0 Å². The van der Waals surface area contributed by atoms with Crippen LogP contribution in [0.15, 0.2) is 12.3 Å². The highest BCUT2D eigenvalue weighted by Crippen LogP contribution is 2.49. The number of aromatic nitrogens is 3. The minimum Gasteiger partial charge on any atom is -0.237 e. The lowest BCUT2D eigenvalue weighted by Crippen LogP contribution is -2.39. The van der Waals surface area contributed by atoms with Crippen molar-refractivity contribution in [3.8, 4) is 0 Å². The van der Waals surface area contributed by atoms with Crippen molar-refractivity contribution in [2.45, 2.75) is 38.3 Å². The fourth-order valence-corrected chi connectivity index (χ4v) is 2.63. The van der Waals surface area contributed by atoms with Crippen molar-refractivity contribution >= 4 is 5.65 Å². The molecule has 3 rings (SSSR count). The molecule has 0 amide bonds. The molecule has 96 valence electrons. The molecule has 1 unspecified atom stereocenters. The molecular formula is C12H12F3N3. The predicted octanol–water partition coefficient (Wildman–Crippen LogP) is 2.80. The van der Waals surface area contributed by atoms with Crippen LogP contribution in [-0.4, -0.2) is 20.8 Å². The van der Waals surface area contributed by atoms with E-state index >= 15 is 0 Å². The number of rotatable bonds is 0. The summed E-state index contributed by atoms with van der Waals surface area (Å²) in [6, 6.07) is 1.69. The minimum atomic E-state index is -4.27. The number of halogens is 3. The summed E-state index contributed by atoms with van der Waals surface area (Å²) in [5.74, 6) is 0. The first kappa shape index (κ1) is 11.5. The van der Waals surface area contributed by atoms with Gasteiger partial charge in [-0.1, -0.05) is 0 Å². The highest BCUT2D eigenvalue weighted by atomic mass is 19.4. The number of alkyl halides is 3. The van der Waals surface area contributed by atoms with Crippen LogP contribution in [-0.2, 0) is 11.8 Å². The zero-order valence-corrected chi connectivity index (χ0v) is 10.0. The molecule has 2 aromatic rings. The van der Waals surface area contributed by atoms with Gasteiger partial charge in [-0.05, 0) is 32.3 Å². The zero-order chi connectivity index (χ0) is 13.1. The van der Waals surface area contributed by atoms with E-state index in [9.17, 15) is 13.2 Å². The first-order valence-electron chi connectivity index (χ1n) is 5.74. The molecule has 0 aromatic carbocycles. The van der Waals surface area contributed by atoms with Crippen LogP contribution in [0.2, 0.25) is 0 Å². The summed E-state index contributed by atoms with van der Waals surface area (Å²) in [6.45, 7) is 3.00. The number of fused-ring (bicyclic) bond motifs is 3. The largest absolute Gasteiger partial charge is 0.399 e. The second kappa shape index (κ2) is 3.24. The molecule has 0 spiro atoms. The van der Waals surface area contributed by atoms with Gasteiger partial charge in [-0.3, -0.25) is 0 Å². The standard InChI is InChI=1S/C12H12F3N3/c1-7-5-9-16-6-8-3-4-11(2,12(13,14)15)10(8)18(9)17-7/h5-6H,3-4H2,1-2H3. The average molecular weight is 255 g/mol. The summed E-state index contributed by atoms with van der Waals surface area (Å²) in [5, 5.41) is 4.15. The molecule has 0 fully saturated rings. The van der Waals surface area contributed by atoms with Crippen LogP contribution in [0.3, 0.4) is 0 Å². The highest BCUT2D eigenvalue weighted by Gasteiger charge is 2.57. The van der Waals surface area contributed by atoms with Crippen molar-refractivity contribution in [2.24, 2.45) is 0 Å². The van der Waals surface area contributed by atoms with Crippen molar-refractivity contribution in [1.82, 2.24) is 14.6 Å². The molecular weight excluding hydrogens is 243 g/mol. The van der Waals surface area contributed by atoms with Crippen molar-refractivity contribution in [2.75, 3.05) is 0 Å². The fraction of sp³-hybridized carbons (Fsp3) is 0.500. The summed E-state index contributed by atoms with van der Waals surface area (Å²) in [4.78, 5) is 4.15. The summed E-state index contributed by atoms with van der Waals surface area (Å²) in [5.41, 5.74) is 0.205. The minimum absolute atomic E-state index is 0.0610. The predicted molar refractivity (Wildman–Crippen MR) is 59.5 cm³/mol. The van der Waals surface area contributed by atoms with E-state index in [0.29, 0.717) is 23.3 Å². The van der Waals surface area contributed by atoms with E-state index in [-0.39, 0.29) is 12.1 Å². The molecule has 2 aromatic heterocycles. The first-order chi connectivity index (χ1) is 8.33. The van der Waals surface area contributed by atoms with Gasteiger partial charge in [0.1, 0.15) is 5.41 Å². The zero-order valence-electron chi connectivity index (χ0n) is 10.0. The van der Waals surface area contributed by atoms with Gasteiger partial charge >= 0.3 is 6.18 Å². The Kier molecular flexibility index (Phi) is 2.07. The molecule has 1 atom stereocenters. The van der Waals surface area contributed by atoms with Crippen LogP contribution < -0.4 is 0 Å². The second-order valence-corrected chi connectivity index (χ2v) is 5.02. The normalized spacial score (nSPS) is 23.6. The highest BCUT2D eigenvalue weighted by molar-refractivity contribution is 5.46. The molecule has 0 N–H and O–H groups in total. The Balaban J connectivity index is 2.35. The van der Waals surface area contributed by atoms with Crippen molar-refractivity contribution in [1.29, 1.82) is 0 Å². The lowest BCUT2D eigenvalue weighted by Gasteiger charge is -2.28. The van der Waals surface area contributed by atoms with Gasteiger partial charge in [-0.25, -0.2) is 9.50 Å². The van der Waals surface area contributed by atoms with Gasteiger partial charge in [0.2, 0.25) is 0 Å². The van der Waals surface area contributed by atoms with Crippen LogP contribution in [0, 0.1) is 6.92 Å². The number of aryl methyl sites for hydroxylation is 2. The van der Waals surface area contributed by atoms with E-state index < -0.39 is 11.6 Å². The lowest BCUT2D eigenvalue weighted by molar-refractivity contribution is -0.186. The first-order valence-corrected chi connectivity index (χ1v) is 5.74. The molecule has 0 aliphatic heterocycles. The summed E-state index contributed by atoms with van der Waals surface area (Å²) < 4.78 is 41.2. The van der Waals surface area contributed by atoms with Gasteiger partial charge < -0.3 is 0 Å². The summed E-state index contributed by atoms with van der Waals surface area (Å²) in [6.07, 6.45) is -2.27. The monoisotopic (exact) mass is 255 g/mol. The van der Waals surface area contributed by atoms with Gasteiger partial charge in [0.05, 0.1) is 11.4 Å². The molecule has 1 aliphatic rings. The van der Waals surface area contributed by atoms with E-state index in [1.807, 2.05) is 0 Å². The summed E-state index contributed by atoms with van der Waals surface area (Å²) >= 11 is 0. The average Bonchev–Trinajstić information content (AvgIpc) is 2.78. The smallest absolute Gasteiger partial charge is 0.237 e. The van der Waals surface area contributed by atoms with Crippen LogP contribution in [0.1, 0.15) is 30.3 Å². The van der Waals surface area contributed by atoms with Crippen molar-refractivity contribution in [3.05, 3.63) is 29.2 Å². The van der Waals surface area contributed by atoms with Gasteiger partial charge in [-0.15, -0.1) is 0 Å². The third kappa shape index (κ3) is 1.31. The quantitative estimate of drug-likeness (QED) is 0.724. The maximum Gasteiger partial charge on any atom is 0.399 e. The van der Waals surface area contributed by atoms with Gasteiger partial charge in [0.15, 0.2) is 5.65 Å². The third-order valence-electron chi connectivity index (χ3n) is 3.72. The number of nitrogens with zero attached hydrogens (tertiary/aromatic N) is 3. The maximum atomic E-state index is 13.3. The van der Waals surface area contributed by atoms with E-state index in [4.69, 9.17) is 0 Å². The molecule has 6 heteroatoms. The molecule has 3 nitrogen and oxygen atoms in total. The van der Waals surface area contributed by atoms with Crippen LogP contribution in [0.4, 0.5) is 13.2 Å². The van der Waals surface area contributed by atoms with Gasteiger partial charge in [0, 0.05) is 12.3 Å². The lowest BCUT2D eigenvalue weighted by atomic mass is 9.87. The van der Waals surface area contributed by atoms with Crippen LogP contribution >= 0.6 is 0 Å². The van der Waals surface area contributed by atoms with Crippen LogP contribution in [0.5, 0.6) is 0 Å². The molecule has 0 saturated carbocycles. The molecule has 2 heterocycles. The van der Waals surface area contributed by atoms with Gasteiger partial charge in [-0.2, -0.15) is 18.3 Å². The summed E-state index contributed by atoms with van der Waals surface area (Å²) in [7, 11) is 0. The molecule has 18 heavy (non-hydrogen) atoms. The Bertz CT molecular complexity index is 629. The maximum absolute atomic E-state index is 13.3. The second-order valence-electron chi connectivity index (χ2n) is 5.02. The Morgan fingerprint density at radius 3 is 2.78 bits per heavy atom. The molecule has 1 aliphatic carbocycles. The molecule has 0 bridgehead atoms. The Morgan fingerprint density at radius 1 is 1.39 bits per heavy atom. The molecule has 0 saturated heterocycles. The molecule has 0 radical (unpaired) electrons. The Hall–Kier alpha value is -1.59. The Labute approximate surface area is 102 Å². The number of hydrogen-bond donors (Lipinski definition) is 0. The Morgan fingerprint density at radius 2 is 2.11 bits per heavy atom. The SMILES string of the molecule is Cc1cc2ncc3c(n2n1)C(C)(C(F)(F)F)CC3. The van der Waals surface area contributed by atoms with Crippen molar-refractivity contribution in [3.63, 3.8) is 0 Å². The number of hydrogen-bond acceptors (Lipinski definition) is 2. The topological polar surface area (TPSA) is 30.2 Å². The fourth-order valence-electron chi connectivity index (χ4n) is 2.63. The van der Waals surface area contributed by atoms with Crippen molar-refractivity contribution < 1.29 is 13.2 Å².